The van der Waals surface area contributed by atoms with Gasteiger partial charge in [-0.15, -0.1) is 12.4 Å². The largest absolute Gasteiger partial charge is 0.364 e. The zero-order chi connectivity index (χ0) is 17.0. The van der Waals surface area contributed by atoms with E-state index in [4.69, 9.17) is 10.5 Å². The Morgan fingerprint density at radius 1 is 1.21 bits per heavy atom. The Hall–Kier alpha value is -1.84. The summed E-state index contributed by atoms with van der Waals surface area (Å²) in [6.45, 7) is -0.149. The van der Waals surface area contributed by atoms with Gasteiger partial charge in [0, 0.05) is 6.54 Å². The highest BCUT2D eigenvalue weighted by Gasteiger charge is 2.29. The molecule has 24 heavy (non-hydrogen) atoms. The van der Waals surface area contributed by atoms with E-state index in [0.29, 0.717) is 25.5 Å². The molecule has 0 aromatic heterocycles. The van der Waals surface area contributed by atoms with Gasteiger partial charge in [0.15, 0.2) is 17.5 Å². The van der Waals surface area contributed by atoms with Crippen molar-refractivity contribution in [2.75, 3.05) is 18.4 Å². The lowest BCUT2D eigenvalue weighted by Gasteiger charge is -2.13. The van der Waals surface area contributed by atoms with E-state index in [0.717, 1.165) is 6.07 Å². The number of carbonyl (C=O) groups excluding carboxylic acids is 2. The maximum Gasteiger partial charge on any atom is 0.249 e. The van der Waals surface area contributed by atoms with Crippen LogP contribution in [0, 0.1) is 17.5 Å². The summed E-state index contributed by atoms with van der Waals surface area (Å²) in [7, 11) is 0. The highest BCUT2D eigenvalue weighted by Crippen LogP contribution is 2.20. The number of hydrogen-bond donors (Lipinski definition) is 3. The molecular weight excluding hydrogens is 351 g/mol. The number of nitrogens with two attached hydrogens (primary N) is 1. The van der Waals surface area contributed by atoms with Gasteiger partial charge in [-0.2, -0.15) is 0 Å². The summed E-state index contributed by atoms with van der Waals surface area (Å²) >= 11 is 0. The molecule has 0 radical (unpaired) electrons. The third-order valence-corrected chi connectivity index (χ3v) is 3.40. The van der Waals surface area contributed by atoms with Crippen LogP contribution in [0.3, 0.4) is 0 Å². The van der Waals surface area contributed by atoms with Crippen LogP contribution in [0.5, 0.6) is 0 Å². The third kappa shape index (κ3) is 4.83. The number of nitrogens with one attached hydrogen (secondary N) is 2. The first-order valence-electron chi connectivity index (χ1n) is 6.99. The fraction of sp³-hybridized carbons (Fsp3) is 0.429. The van der Waals surface area contributed by atoms with Crippen LogP contribution in [0.25, 0.3) is 0 Å². The van der Waals surface area contributed by atoms with Crippen LogP contribution in [0.15, 0.2) is 12.1 Å². The zero-order valence-corrected chi connectivity index (χ0v) is 13.3. The van der Waals surface area contributed by atoms with Crippen molar-refractivity contribution >= 4 is 29.9 Å². The summed E-state index contributed by atoms with van der Waals surface area (Å²) in [4.78, 5) is 23.4. The van der Waals surface area contributed by atoms with Gasteiger partial charge in [-0.3, -0.25) is 9.59 Å². The molecule has 0 unspecified atom stereocenters. The Balaban J connectivity index is 0.00000288. The van der Waals surface area contributed by atoms with Gasteiger partial charge < -0.3 is 21.1 Å². The molecule has 4 N–H and O–H groups in total. The standard InChI is InChI=1S/C14H16F3N3O3.ClH/c15-8-2-3-9(13(17)12(8)16)20-11(21)6-19-14(22)10-4-1-7(5-18)23-10;/h2-3,7,10H,1,4-6,18H2,(H,19,22)(H,20,21);1H/t7-,10+;/m1./s1. The molecule has 1 aliphatic heterocycles. The Bertz CT molecular complexity index is 618. The van der Waals surface area contributed by atoms with Gasteiger partial charge in [0.2, 0.25) is 11.8 Å². The minimum atomic E-state index is -1.68. The van der Waals surface area contributed by atoms with Crippen LogP contribution in [-0.2, 0) is 14.3 Å². The van der Waals surface area contributed by atoms with Crippen LogP contribution in [0.2, 0.25) is 0 Å². The van der Waals surface area contributed by atoms with Gasteiger partial charge >= 0.3 is 0 Å². The van der Waals surface area contributed by atoms with Crippen molar-refractivity contribution in [3.63, 3.8) is 0 Å². The van der Waals surface area contributed by atoms with E-state index in [9.17, 15) is 22.8 Å². The number of hydrogen-bond acceptors (Lipinski definition) is 4. The quantitative estimate of drug-likeness (QED) is 0.679. The van der Waals surface area contributed by atoms with Crippen molar-refractivity contribution in [3.05, 3.63) is 29.6 Å². The molecule has 0 aliphatic carbocycles. The van der Waals surface area contributed by atoms with Gasteiger partial charge in [0.05, 0.1) is 18.3 Å². The molecule has 1 aromatic rings. The average Bonchev–Trinajstić information content (AvgIpc) is 3.02. The molecule has 134 valence electrons. The first-order valence-corrected chi connectivity index (χ1v) is 6.99. The molecule has 2 atom stereocenters. The molecule has 1 saturated heterocycles. The Labute approximate surface area is 142 Å². The Morgan fingerprint density at radius 2 is 1.92 bits per heavy atom. The number of rotatable bonds is 5. The molecule has 1 aliphatic rings. The van der Waals surface area contributed by atoms with Gasteiger partial charge in [0.25, 0.3) is 0 Å². The lowest BCUT2D eigenvalue weighted by atomic mass is 10.2. The number of carbonyl (C=O) groups is 2. The smallest absolute Gasteiger partial charge is 0.249 e. The van der Waals surface area contributed by atoms with Crippen molar-refractivity contribution in [1.82, 2.24) is 5.32 Å². The number of ether oxygens (including phenoxy) is 1. The summed E-state index contributed by atoms with van der Waals surface area (Å²) < 4.78 is 44.6. The summed E-state index contributed by atoms with van der Waals surface area (Å²) in [6.07, 6.45) is 0.278. The molecule has 6 nitrogen and oxygen atoms in total. The van der Waals surface area contributed by atoms with Crippen molar-refractivity contribution in [2.24, 2.45) is 5.73 Å². The minimum absolute atomic E-state index is 0. The number of benzene rings is 1. The summed E-state index contributed by atoms with van der Waals surface area (Å²) in [5, 5.41) is 4.38. The molecule has 1 heterocycles. The first-order chi connectivity index (χ1) is 10.9. The molecule has 1 fully saturated rings. The summed E-state index contributed by atoms with van der Waals surface area (Å²) in [5.41, 5.74) is 4.92. The maximum atomic E-state index is 13.4. The molecule has 2 amide bonds. The topological polar surface area (TPSA) is 93.5 Å². The molecule has 0 spiro atoms. The highest BCUT2D eigenvalue weighted by molar-refractivity contribution is 5.95. The lowest BCUT2D eigenvalue weighted by Crippen LogP contribution is -2.39. The molecule has 10 heteroatoms. The van der Waals surface area contributed by atoms with Crippen LogP contribution in [-0.4, -0.2) is 37.1 Å². The normalized spacial score (nSPS) is 19.5. The predicted molar refractivity (Wildman–Crippen MR) is 82.2 cm³/mol. The van der Waals surface area contributed by atoms with Crippen molar-refractivity contribution in [2.45, 2.75) is 25.0 Å². The van der Waals surface area contributed by atoms with E-state index in [1.54, 1.807) is 0 Å². The Morgan fingerprint density at radius 3 is 2.54 bits per heavy atom. The second-order valence-corrected chi connectivity index (χ2v) is 5.05. The fourth-order valence-corrected chi connectivity index (χ4v) is 2.17. The number of halogens is 4. The van der Waals surface area contributed by atoms with E-state index in [-0.39, 0.29) is 18.5 Å². The van der Waals surface area contributed by atoms with Crippen LogP contribution >= 0.6 is 12.4 Å². The van der Waals surface area contributed by atoms with Gasteiger partial charge in [0.1, 0.15) is 6.10 Å². The SMILES string of the molecule is Cl.NC[C@H]1CC[C@@H](C(=O)NCC(=O)Nc2ccc(F)c(F)c2F)O1. The Kier molecular flexibility index (Phi) is 7.46. The molecule has 1 aromatic carbocycles. The number of amides is 2. The molecule has 2 rings (SSSR count). The third-order valence-electron chi connectivity index (χ3n) is 3.40. The second kappa shape index (κ2) is 8.86. The van der Waals surface area contributed by atoms with E-state index < -0.39 is 47.6 Å². The molecule has 0 saturated carbocycles. The monoisotopic (exact) mass is 367 g/mol. The average molecular weight is 368 g/mol. The maximum absolute atomic E-state index is 13.4. The summed E-state index contributed by atoms with van der Waals surface area (Å²) in [6, 6.07) is 1.57. The first kappa shape index (κ1) is 20.2. The van der Waals surface area contributed by atoms with E-state index in [1.807, 2.05) is 5.32 Å². The van der Waals surface area contributed by atoms with E-state index in [1.165, 1.54) is 0 Å². The van der Waals surface area contributed by atoms with Crippen LogP contribution < -0.4 is 16.4 Å². The van der Waals surface area contributed by atoms with Gasteiger partial charge in [-0.25, -0.2) is 13.2 Å². The van der Waals surface area contributed by atoms with Gasteiger partial charge in [-0.05, 0) is 25.0 Å². The van der Waals surface area contributed by atoms with Crippen molar-refractivity contribution in [1.29, 1.82) is 0 Å². The lowest BCUT2D eigenvalue weighted by molar-refractivity contribution is -0.133. The second-order valence-electron chi connectivity index (χ2n) is 5.05. The highest BCUT2D eigenvalue weighted by atomic mass is 35.5. The van der Waals surface area contributed by atoms with Crippen LogP contribution in [0.4, 0.5) is 18.9 Å². The van der Waals surface area contributed by atoms with E-state index >= 15 is 0 Å². The zero-order valence-electron chi connectivity index (χ0n) is 12.5. The van der Waals surface area contributed by atoms with Crippen molar-refractivity contribution in [3.8, 4) is 0 Å². The van der Waals surface area contributed by atoms with Gasteiger partial charge in [-0.1, -0.05) is 0 Å². The fourth-order valence-electron chi connectivity index (χ4n) is 2.17. The van der Waals surface area contributed by atoms with Crippen LogP contribution in [0.1, 0.15) is 12.8 Å². The molecule has 0 bridgehead atoms. The van der Waals surface area contributed by atoms with Crippen molar-refractivity contribution < 1.29 is 27.5 Å². The number of anilines is 1. The minimum Gasteiger partial charge on any atom is -0.364 e. The van der Waals surface area contributed by atoms with E-state index in [2.05, 4.69) is 5.32 Å². The summed E-state index contributed by atoms with van der Waals surface area (Å²) in [5.74, 6) is -5.81. The molecular formula is C14H17ClF3N3O3. The predicted octanol–water partition coefficient (Wildman–Crippen LogP) is 1.09.